The summed E-state index contributed by atoms with van der Waals surface area (Å²) in [5.74, 6) is 1.31. The Morgan fingerprint density at radius 2 is 2.10 bits per heavy atom. The Hall–Kier alpha value is -1.55. The predicted octanol–water partition coefficient (Wildman–Crippen LogP) is 2.97. The maximum atomic E-state index is 11.3. The molecule has 1 fully saturated rings. The van der Waals surface area contributed by atoms with Crippen LogP contribution >= 0.6 is 0 Å². The molecule has 0 saturated carbocycles. The van der Waals surface area contributed by atoms with E-state index < -0.39 is 0 Å². The predicted molar refractivity (Wildman–Crippen MR) is 82.7 cm³/mol. The van der Waals surface area contributed by atoms with Crippen molar-refractivity contribution in [1.29, 1.82) is 0 Å². The number of carbonyl (C=O) groups excluding carboxylic acids is 1. The van der Waals surface area contributed by atoms with Gasteiger partial charge in [-0.25, -0.2) is 4.79 Å². The van der Waals surface area contributed by atoms with Crippen molar-refractivity contribution in [2.24, 2.45) is 5.92 Å². The Morgan fingerprint density at radius 3 is 2.76 bits per heavy atom. The summed E-state index contributed by atoms with van der Waals surface area (Å²) in [5.41, 5.74) is 0.548. The Kier molecular flexibility index (Phi) is 6.05. The molecule has 0 spiro atoms. The second-order valence-corrected chi connectivity index (χ2v) is 5.77. The molecule has 1 aliphatic rings. The van der Waals surface area contributed by atoms with Crippen molar-refractivity contribution >= 4 is 5.97 Å². The van der Waals surface area contributed by atoms with Crippen molar-refractivity contribution in [3.63, 3.8) is 0 Å². The molecule has 0 bridgehead atoms. The van der Waals surface area contributed by atoms with Crippen LogP contribution in [-0.2, 0) is 4.74 Å². The first-order valence-electron chi connectivity index (χ1n) is 7.72. The number of carbonyl (C=O) groups is 1. The monoisotopic (exact) mass is 291 g/mol. The number of benzene rings is 1. The Bertz CT molecular complexity index is 444. The third-order valence-electron chi connectivity index (χ3n) is 3.90. The number of hydrogen-bond donors (Lipinski definition) is 0. The minimum atomic E-state index is -0.319. The van der Waals surface area contributed by atoms with Crippen LogP contribution in [-0.4, -0.2) is 44.2 Å². The summed E-state index contributed by atoms with van der Waals surface area (Å²) in [6.07, 6.45) is 3.71. The molecule has 116 valence electrons. The molecule has 1 aliphatic heterocycles. The van der Waals surface area contributed by atoms with E-state index in [-0.39, 0.29) is 5.97 Å². The van der Waals surface area contributed by atoms with Crippen LogP contribution in [0, 0.1) is 5.92 Å². The fourth-order valence-electron chi connectivity index (χ4n) is 2.77. The number of piperidine rings is 1. The normalized spacial score (nSPS) is 19.2. The summed E-state index contributed by atoms with van der Waals surface area (Å²) in [4.78, 5) is 13.8. The van der Waals surface area contributed by atoms with Gasteiger partial charge in [-0.2, -0.15) is 0 Å². The molecule has 1 unspecified atom stereocenters. The molecule has 0 aromatic heterocycles. The third kappa shape index (κ3) is 5.05. The highest BCUT2D eigenvalue weighted by molar-refractivity contribution is 5.89. The largest absolute Gasteiger partial charge is 0.494 e. The lowest BCUT2D eigenvalue weighted by molar-refractivity contribution is 0.0600. The molecule has 0 radical (unpaired) electrons. The standard InChI is InChI=1S/C17H25NO3/c1-14-5-3-10-18(13-14)11-4-12-21-16-8-6-15(7-9-16)17(19)20-2/h6-9,14H,3-5,10-13H2,1-2H3. The van der Waals surface area contributed by atoms with E-state index in [1.54, 1.807) is 12.1 Å². The first-order chi connectivity index (χ1) is 10.2. The topological polar surface area (TPSA) is 38.8 Å². The third-order valence-corrected chi connectivity index (χ3v) is 3.90. The highest BCUT2D eigenvalue weighted by Crippen LogP contribution is 2.16. The molecule has 4 nitrogen and oxygen atoms in total. The summed E-state index contributed by atoms with van der Waals surface area (Å²) in [6, 6.07) is 7.09. The molecule has 21 heavy (non-hydrogen) atoms. The van der Waals surface area contributed by atoms with Gasteiger partial charge in [0.05, 0.1) is 19.3 Å². The van der Waals surface area contributed by atoms with Gasteiger partial charge in [0, 0.05) is 13.1 Å². The van der Waals surface area contributed by atoms with Crippen LogP contribution in [0.4, 0.5) is 0 Å². The lowest BCUT2D eigenvalue weighted by atomic mass is 10.0. The second-order valence-electron chi connectivity index (χ2n) is 5.77. The van der Waals surface area contributed by atoms with Crippen molar-refractivity contribution in [2.45, 2.75) is 26.2 Å². The number of ether oxygens (including phenoxy) is 2. The lowest BCUT2D eigenvalue weighted by Gasteiger charge is -2.30. The zero-order valence-corrected chi connectivity index (χ0v) is 13.0. The first-order valence-corrected chi connectivity index (χ1v) is 7.72. The average molecular weight is 291 g/mol. The van der Waals surface area contributed by atoms with E-state index in [2.05, 4.69) is 16.6 Å². The van der Waals surface area contributed by atoms with Gasteiger partial charge in [-0.05, 0) is 56.0 Å². The molecular formula is C17H25NO3. The fraction of sp³-hybridized carbons (Fsp3) is 0.588. The lowest BCUT2D eigenvalue weighted by Crippen LogP contribution is -2.35. The molecule has 2 rings (SSSR count). The maximum absolute atomic E-state index is 11.3. The van der Waals surface area contributed by atoms with Gasteiger partial charge in [-0.15, -0.1) is 0 Å². The minimum Gasteiger partial charge on any atom is -0.494 e. The van der Waals surface area contributed by atoms with E-state index in [9.17, 15) is 4.79 Å². The van der Waals surface area contributed by atoms with E-state index in [4.69, 9.17) is 4.74 Å². The highest BCUT2D eigenvalue weighted by atomic mass is 16.5. The quantitative estimate of drug-likeness (QED) is 0.596. The summed E-state index contributed by atoms with van der Waals surface area (Å²) in [7, 11) is 1.38. The van der Waals surface area contributed by atoms with Gasteiger partial charge in [-0.1, -0.05) is 6.92 Å². The number of hydrogen-bond acceptors (Lipinski definition) is 4. The maximum Gasteiger partial charge on any atom is 0.337 e. The van der Waals surface area contributed by atoms with Crippen molar-refractivity contribution in [3.8, 4) is 5.75 Å². The first kappa shape index (κ1) is 15.8. The Labute approximate surface area is 127 Å². The SMILES string of the molecule is COC(=O)c1ccc(OCCCN2CCCC(C)C2)cc1. The molecule has 1 heterocycles. The van der Waals surface area contributed by atoms with Gasteiger partial charge >= 0.3 is 5.97 Å². The number of nitrogens with zero attached hydrogens (tertiary/aromatic N) is 1. The van der Waals surface area contributed by atoms with Crippen molar-refractivity contribution in [2.75, 3.05) is 33.4 Å². The van der Waals surface area contributed by atoms with E-state index in [1.807, 2.05) is 12.1 Å². The zero-order chi connectivity index (χ0) is 15.1. The van der Waals surface area contributed by atoms with Crippen molar-refractivity contribution in [3.05, 3.63) is 29.8 Å². The van der Waals surface area contributed by atoms with Crippen LogP contribution in [0.5, 0.6) is 5.75 Å². The molecule has 1 saturated heterocycles. The van der Waals surface area contributed by atoms with Crippen LogP contribution in [0.1, 0.15) is 36.5 Å². The summed E-state index contributed by atoms with van der Waals surface area (Å²) in [5, 5.41) is 0. The molecule has 0 aliphatic carbocycles. The van der Waals surface area contributed by atoms with Crippen LogP contribution in [0.25, 0.3) is 0 Å². The van der Waals surface area contributed by atoms with E-state index in [0.717, 1.165) is 24.6 Å². The molecule has 1 aromatic rings. The fourth-order valence-corrected chi connectivity index (χ4v) is 2.77. The summed E-state index contributed by atoms with van der Waals surface area (Å²) in [6.45, 7) is 6.57. The molecule has 0 N–H and O–H groups in total. The van der Waals surface area contributed by atoms with E-state index in [1.165, 1.54) is 33.0 Å². The van der Waals surface area contributed by atoms with Gasteiger partial charge in [0.25, 0.3) is 0 Å². The molecule has 1 aromatic carbocycles. The Balaban J connectivity index is 1.67. The van der Waals surface area contributed by atoms with Gasteiger partial charge in [-0.3, -0.25) is 0 Å². The smallest absolute Gasteiger partial charge is 0.337 e. The molecular weight excluding hydrogens is 266 g/mol. The number of likely N-dealkylation sites (tertiary alicyclic amines) is 1. The van der Waals surface area contributed by atoms with E-state index >= 15 is 0 Å². The van der Waals surface area contributed by atoms with Gasteiger partial charge < -0.3 is 14.4 Å². The summed E-state index contributed by atoms with van der Waals surface area (Å²) >= 11 is 0. The van der Waals surface area contributed by atoms with Crippen LogP contribution in [0.3, 0.4) is 0 Å². The minimum absolute atomic E-state index is 0.319. The molecule has 1 atom stereocenters. The van der Waals surface area contributed by atoms with Crippen LogP contribution in [0.15, 0.2) is 24.3 Å². The Morgan fingerprint density at radius 1 is 1.33 bits per heavy atom. The van der Waals surface area contributed by atoms with Gasteiger partial charge in [0.1, 0.15) is 5.75 Å². The van der Waals surface area contributed by atoms with Crippen molar-refractivity contribution < 1.29 is 14.3 Å². The molecule has 4 heteroatoms. The summed E-state index contributed by atoms with van der Waals surface area (Å²) < 4.78 is 10.4. The number of methoxy groups -OCH3 is 1. The molecule has 0 amide bonds. The number of rotatable bonds is 6. The van der Waals surface area contributed by atoms with Crippen LogP contribution in [0.2, 0.25) is 0 Å². The van der Waals surface area contributed by atoms with E-state index in [0.29, 0.717) is 12.2 Å². The van der Waals surface area contributed by atoms with Gasteiger partial charge in [0.15, 0.2) is 0 Å². The van der Waals surface area contributed by atoms with Crippen LogP contribution < -0.4 is 4.74 Å². The highest BCUT2D eigenvalue weighted by Gasteiger charge is 2.15. The van der Waals surface area contributed by atoms with Crippen molar-refractivity contribution in [1.82, 2.24) is 4.90 Å². The zero-order valence-electron chi connectivity index (χ0n) is 13.0. The number of esters is 1. The van der Waals surface area contributed by atoms with Gasteiger partial charge in [0.2, 0.25) is 0 Å². The second kappa shape index (κ2) is 8.03. The average Bonchev–Trinajstić information content (AvgIpc) is 2.51.